The zero-order valence-electron chi connectivity index (χ0n) is 17.4. The lowest BCUT2D eigenvalue weighted by molar-refractivity contribution is -0.123. The lowest BCUT2D eigenvalue weighted by Crippen LogP contribution is -2.34. The molecule has 1 saturated carbocycles. The molecule has 1 fully saturated rings. The van der Waals surface area contributed by atoms with E-state index in [4.69, 9.17) is 4.42 Å². The molecule has 4 rings (SSSR count). The lowest BCUT2D eigenvalue weighted by atomic mass is 9.95. The zero-order chi connectivity index (χ0) is 22.8. The number of sulfonamides is 1. The summed E-state index contributed by atoms with van der Waals surface area (Å²) in [5, 5.41) is 5.50. The van der Waals surface area contributed by atoms with E-state index in [0.29, 0.717) is 23.7 Å². The maximum atomic E-state index is 12.7. The minimum absolute atomic E-state index is 0.0681. The van der Waals surface area contributed by atoms with Crippen molar-refractivity contribution in [3.8, 4) is 0 Å². The highest BCUT2D eigenvalue weighted by Gasteiger charge is 2.51. The number of benzene rings is 2. The van der Waals surface area contributed by atoms with Gasteiger partial charge < -0.3 is 15.1 Å². The van der Waals surface area contributed by atoms with E-state index in [1.54, 1.807) is 42.7 Å². The Balaban J connectivity index is 1.42. The fourth-order valence-electron chi connectivity index (χ4n) is 3.51. The summed E-state index contributed by atoms with van der Waals surface area (Å²) in [6, 6.07) is 16.3. The highest BCUT2D eigenvalue weighted by atomic mass is 32.2. The maximum absolute atomic E-state index is 12.7. The quantitative estimate of drug-likeness (QED) is 0.483. The van der Waals surface area contributed by atoms with Gasteiger partial charge in [0.2, 0.25) is 11.8 Å². The molecule has 32 heavy (non-hydrogen) atoms. The van der Waals surface area contributed by atoms with Gasteiger partial charge in [-0.25, -0.2) is 8.42 Å². The van der Waals surface area contributed by atoms with Crippen molar-refractivity contribution in [2.45, 2.75) is 36.6 Å². The van der Waals surface area contributed by atoms with Crippen molar-refractivity contribution in [2.24, 2.45) is 0 Å². The molecule has 2 amide bonds. The highest BCUT2D eigenvalue weighted by Crippen LogP contribution is 2.48. The minimum atomic E-state index is -3.79. The first kappa shape index (κ1) is 21.6. The predicted octanol–water partition coefficient (Wildman–Crippen LogP) is 3.39. The lowest BCUT2D eigenvalue weighted by Gasteiger charge is -2.16. The van der Waals surface area contributed by atoms with E-state index in [0.717, 1.165) is 18.4 Å². The van der Waals surface area contributed by atoms with Crippen molar-refractivity contribution in [3.05, 3.63) is 78.3 Å². The molecular weight excluding hydrogens is 430 g/mol. The van der Waals surface area contributed by atoms with Gasteiger partial charge in [-0.1, -0.05) is 12.1 Å². The molecule has 1 aliphatic rings. The third kappa shape index (κ3) is 4.67. The standard InChI is InChI=1S/C23H23N3O5S/c1-16(27)25-18-8-10-21(11-9-18)32(29,30)26-19-6-4-17(5-7-19)23(12-13-23)22(28)24-15-20-3-2-14-31-20/h2-11,14,26H,12-13,15H2,1H3,(H,24,28)(H,25,27). The summed E-state index contributed by atoms with van der Waals surface area (Å²) in [5.41, 5.74) is 1.17. The van der Waals surface area contributed by atoms with Crippen LogP contribution in [0.4, 0.5) is 11.4 Å². The highest BCUT2D eigenvalue weighted by molar-refractivity contribution is 7.92. The Morgan fingerprint density at radius 1 is 0.969 bits per heavy atom. The Labute approximate surface area is 186 Å². The van der Waals surface area contributed by atoms with E-state index in [1.807, 2.05) is 0 Å². The summed E-state index contributed by atoms with van der Waals surface area (Å²) in [4.78, 5) is 23.9. The molecule has 1 aliphatic carbocycles. The third-order valence-corrected chi connectivity index (χ3v) is 6.76. The summed E-state index contributed by atoms with van der Waals surface area (Å²) in [7, 11) is -3.79. The zero-order valence-corrected chi connectivity index (χ0v) is 18.2. The van der Waals surface area contributed by atoms with Gasteiger partial charge in [-0.2, -0.15) is 0 Å². The monoisotopic (exact) mass is 453 g/mol. The van der Waals surface area contributed by atoms with Crippen LogP contribution in [-0.2, 0) is 31.6 Å². The Kier molecular flexibility index (Phi) is 5.75. The molecule has 0 radical (unpaired) electrons. The fraction of sp³-hybridized carbons (Fsp3) is 0.217. The first-order valence-corrected chi connectivity index (χ1v) is 11.6. The molecule has 0 unspecified atom stereocenters. The number of furan rings is 1. The second-order valence-electron chi connectivity index (χ2n) is 7.73. The number of hydrogen-bond donors (Lipinski definition) is 3. The molecule has 0 aliphatic heterocycles. The molecule has 2 aromatic carbocycles. The molecule has 0 saturated heterocycles. The van der Waals surface area contributed by atoms with Gasteiger partial charge in [-0.05, 0) is 66.9 Å². The molecule has 0 atom stereocenters. The second kappa shape index (κ2) is 8.51. The number of carbonyl (C=O) groups is 2. The van der Waals surface area contributed by atoms with Crippen molar-refractivity contribution in [1.29, 1.82) is 0 Å². The summed E-state index contributed by atoms with van der Waals surface area (Å²) in [6.45, 7) is 1.70. The van der Waals surface area contributed by atoms with Crippen molar-refractivity contribution in [2.75, 3.05) is 10.0 Å². The van der Waals surface area contributed by atoms with Crippen LogP contribution in [0.5, 0.6) is 0 Å². The van der Waals surface area contributed by atoms with Gasteiger partial charge in [0.1, 0.15) is 5.76 Å². The summed E-state index contributed by atoms with van der Waals surface area (Å²) < 4.78 is 33.1. The minimum Gasteiger partial charge on any atom is -0.467 e. The van der Waals surface area contributed by atoms with Crippen LogP contribution in [0.3, 0.4) is 0 Å². The van der Waals surface area contributed by atoms with E-state index >= 15 is 0 Å². The maximum Gasteiger partial charge on any atom is 0.261 e. The Morgan fingerprint density at radius 3 is 2.19 bits per heavy atom. The van der Waals surface area contributed by atoms with Crippen LogP contribution in [0, 0.1) is 0 Å². The van der Waals surface area contributed by atoms with Crippen LogP contribution in [0.1, 0.15) is 31.1 Å². The van der Waals surface area contributed by atoms with Gasteiger partial charge in [0.15, 0.2) is 0 Å². The third-order valence-electron chi connectivity index (χ3n) is 5.36. The van der Waals surface area contributed by atoms with E-state index in [2.05, 4.69) is 15.4 Å². The Bertz CT molecular complexity index is 1210. The molecule has 3 N–H and O–H groups in total. The van der Waals surface area contributed by atoms with E-state index in [-0.39, 0.29) is 16.7 Å². The van der Waals surface area contributed by atoms with E-state index < -0.39 is 15.4 Å². The van der Waals surface area contributed by atoms with Crippen LogP contribution < -0.4 is 15.4 Å². The van der Waals surface area contributed by atoms with Gasteiger partial charge >= 0.3 is 0 Å². The summed E-state index contributed by atoms with van der Waals surface area (Å²) in [6.07, 6.45) is 3.04. The van der Waals surface area contributed by atoms with Gasteiger partial charge in [0, 0.05) is 18.3 Å². The smallest absolute Gasteiger partial charge is 0.261 e. The number of carbonyl (C=O) groups excluding carboxylic acids is 2. The van der Waals surface area contributed by atoms with Gasteiger partial charge in [-0.3, -0.25) is 14.3 Å². The predicted molar refractivity (Wildman–Crippen MR) is 119 cm³/mol. The first-order valence-electron chi connectivity index (χ1n) is 10.1. The average Bonchev–Trinajstić information content (AvgIpc) is 3.40. The number of hydrogen-bond acceptors (Lipinski definition) is 5. The Hall–Kier alpha value is -3.59. The van der Waals surface area contributed by atoms with E-state index in [1.165, 1.54) is 31.2 Å². The molecule has 166 valence electrons. The molecule has 3 aromatic rings. The largest absolute Gasteiger partial charge is 0.467 e. The summed E-state index contributed by atoms with van der Waals surface area (Å²) >= 11 is 0. The van der Waals surface area contributed by atoms with Crippen LogP contribution in [0.2, 0.25) is 0 Å². The number of rotatable bonds is 8. The summed E-state index contributed by atoms with van der Waals surface area (Å²) in [5.74, 6) is 0.382. The van der Waals surface area contributed by atoms with Crippen LogP contribution in [0.15, 0.2) is 76.2 Å². The van der Waals surface area contributed by atoms with Gasteiger partial charge in [0.25, 0.3) is 10.0 Å². The molecule has 0 bridgehead atoms. The van der Waals surface area contributed by atoms with Crippen LogP contribution >= 0.6 is 0 Å². The topological polar surface area (TPSA) is 118 Å². The molecule has 0 spiro atoms. The van der Waals surface area contributed by atoms with Crippen molar-refractivity contribution in [3.63, 3.8) is 0 Å². The molecule has 1 heterocycles. The van der Waals surface area contributed by atoms with E-state index in [9.17, 15) is 18.0 Å². The first-order chi connectivity index (χ1) is 15.3. The second-order valence-corrected chi connectivity index (χ2v) is 9.41. The fourth-order valence-corrected chi connectivity index (χ4v) is 4.57. The normalized spacial score (nSPS) is 14.4. The van der Waals surface area contributed by atoms with Gasteiger partial charge in [0.05, 0.1) is 23.1 Å². The number of nitrogens with one attached hydrogen (secondary N) is 3. The van der Waals surface area contributed by atoms with Crippen molar-refractivity contribution in [1.82, 2.24) is 5.32 Å². The molecule has 1 aromatic heterocycles. The van der Waals surface area contributed by atoms with Crippen LogP contribution in [-0.4, -0.2) is 20.2 Å². The average molecular weight is 454 g/mol. The van der Waals surface area contributed by atoms with Crippen molar-refractivity contribution >= 4 is 33.2 Å². The SMILES string of the molecule is CC(=O)Nc1ccc(S(=O)(=O)Nc2ccc(C3(C(=O)NCc4ccco4)CC3)cc2)cc1. The molecule has 8 nitrogen and oxygen atoms in total. The number of anilines is 2. The molecule has 9 heteroatoms. The molecular formula is C23H23N3O5S. The number of amides is 2. The van der Waals surface area contributed by atoms with Gasteiger partial charge in [-0.15, -0.1) is 0 Å². The van der Waals surface area contributed by atoms with Crippen molar-refractivity contribution < 1.29 is 22.4 Å². The van der Waals surface area contributed by atoms with Crippen LogP contribution in [0.25, 0.3) is 0 Å². The Morgan fingerprint density at radius 2 is 1.62 bits per heavy atom.